The maximum Gasteiger partial charge on any atom is 0.220 e. The highest BCUT2D eigenvalue weighted by Gasteiger charge is 2.44. The normalized spacial score (nSPS) is 19.9. The quantitative estimate of drug-likeness (QED) is 0.0261. The fraction of sp³-hybridized carbons (Fsp3) is 0.603. The number of aliphatic hydroxyl groups excluding tert-OH is 5. The Morgan fingerprint density at radius 2 is 0.805 bits per heavy atom. The molecule has 1 aliphatic rings. The first-order valence-electron chi connectivity index (χ1n) is 30.2. The summed E-state index contributed by atoms with van der Waals surface area (Å²) in [5.41, 5.74) is 0. The molecule has 0 radical (unpaired) electrons. The van der Waals surface area contributed by atoms with E-state index in [0.29, 0.717) is 6.42 Å². The molecule has 434 valence electrons. The lowest BCUT2D eigenvalue weighted by atomic mass is 9.99. The number of rotatable bonds is 49. The number of amides is 1. The van der Waals surface area contributed by atoms with Gasteiger partial charge in [0.05, 0.1) is 25.4 Å². The van der Waals surface area contributed by atoms with Gasteiger partial charge in [-0.3, -0.25) is 4.79 Å². The molecule has 0 saturated carbocycles. The van der Waals surface area contributed by atoms with Crippen LogP contribution in [0.5, 0.6) is 0 Å². The predicted octanol–water partition coefficient (Wildman–Crippen LogP) is 15.6. The number of carbonyl (C=O) groups is 1. The van der Waals surface area contributed by atoms with Crippen LogP contribution in [0, 0.1) is 0 Å². The molecule has 7 atom stereocenters. The van der Waals surface area contributed by atoms with Crippen LogP contribution >= 0.6 is 0 Å². The molecule has 77 heavy (non-hydrogen) atoms. The minimum atomic E-state index is -1.58. The van der Waals surface area contributed by atoms with Crippen LogP contribution in [-0.2, 0) is 14.3 Å². The van der Waals surface area contributed by atoms with Crippen molar-refractivity contribution in [3.63, 3.8) is 0 Å². The van der Waals surface area contributed by atoms with Crippen molar-refractivity contribution in [3.8, 4) is 0 Å². The van der Waals surface area contributed by atoms with Gasteiger partial charge in [-0.1, -0.05) is 249 Å². The van der Waals surface area contributed by atoms with E-state index in [1.54, 1.807) is 6.08 Å². The van der Waals surface area contributed by atoms with Crippen molar-refractivity contribution >= 4 is 5.91 Å². The van der Waals surface area contributed by atoms with Gasteiger partial charge in [-0.2, -0.15) is 0 Å². The molecule has 9 nitrogen and oxygen atoms in total. The fourth-order valence-electron chi connectivity index (χ4n) is 8.37. The molecule has 0 spiro atoms. The van der Waals surface area contributed by atoms with E-state index in [4.69, 9.17) is 9.47 Å². The maximum absolute atomic E-state index is 13.0. The first kappa shape index (κ1) is 70.8. The summed E-state index contributed by atoms with van der Waals surface area (Å²) in [7, 11) is 0. The Kier molecular flexibility index (Phi) is 50.7. The minimum absolute atomic E-state index is 0.208. The largest absolute Gasteiger partial charge is 0.394 e. The fourth-order valence-corrected chi connectivity index (χ4v) is 8.37. The smallest absolute Gasteiger partial charge is 0.220 e. The Labute approximate surface area is 469 Å². The van der Waals surface area contributed by atoms with Gasteiger partial charge in [-0.05, 0) is 109 Å². The molecular formula is C68H109NO8. The van der Waals surface area contributed by atoms with Crippen LogP contribution in [-0.4, -0.2) is 87.5 Å². The lowest BCUT2D eigenvalue weighted by Gasteiger charge is -2.40. The Morgan fingerprint density at radius 3 is 1.19 bits per heavy atom. The van der Waals surface area contributed by atoms with Crippen molar-refractivity contribution in [2.45, 2.75) is 249 Å². The number of ether oxygens (including phenoxy) is 2. The molecule has 1 fully saturated rings. The van der Waals surface area contributed by atoms with Crippen LogP contribution in [0.2, 0.25) is 0 Å². The van der Waals surface area contributed by atoms with Gasteiger partial charge in [0.1, 0.15) is 24.4 Å². The van der Waals surface area contributed by atoms with E-state index in [1.165, 1.54) is 57.8 Å². The molecule has 0 aromatic carbocycles. The van der Waals surface area contributed by atoms with E-state index in [-0.39, 0.29) is 12.5 Å². The Balaban J connectivity index is 2.19. The number of hydrogen-bond donors (Lipinski definition) is 6. The zero-order valence-electron chi connectivity index (χ0n) is 48.1. The predicted molar refractivity (Wildman–Crippen MR) is 326 cm³/mol. The Hall–Kier alpha value is -4.19. The van der Waals surface area contributed by atoms with Crippen LogP contribution in [0.1, 0.15) is 206 Å². The van der Waals surface area contributed by atoms with Crippen molar-refractivity contribution in [1.29, 1.82) is 0 Å². The summed E-state index contributed by atoms with van der Waals surface area (Å²) < 4.78 is 11.2. The molecule has 0 aromatic heterocycles. The van der Waals surface area contributed by atoms with Crippen molar-refractivity contribution in [3.05, 3.63) is 158 Å². The van der Waals surface area contributed by atoms with E-state index in [2.05, 4.69) is 165 Å². The third-order valence-corrected chi connectivity index (χ3v) is 13.1. The summed E-state index contributed by atoms with van der Waals surface area (Å²) in [5.74, 6) is -0.209. The highest BCUT2D eigenvalue weighted by Crippen LogP contribution is 2.23. The van der Waals surface area contributed by atoms with Gasteiger partial charge in [0, 0.05) is 6.42 Å². The first-order valence-corrected chi connectivity index (χ1v) is 30.2. The van der Waals surface area contributed by atoms with E-state index in [1.807, 2.05) is 6.08 Å². The van der Waals surface area contributed by atoms with Gasteiger partial charge in [0.15, 0.2) is 6.29 Å². The highest BCUT2D eigenvalue weighted by atomic mass is 16.7. The summed E-state index contributed by atoms with van der Waals surface area (Å²) in [6.45, 7) is 3.62. The molecule has 1 rings (SSSR count). The van der Waals surface area contributed by atoms with Crippen molar-refractivity contribution in [2.24, 2.45) is 0 Å². The molecule has 7 unspecified atom stereocenters. The van der Waals surface area contributed by atoms with Crippen LogP contribution < -0.4 is 5.32 Å². The number of nitrogens with one attached hydrogen (secondary N) is 1. The Morgan fingerprint density at radius 1 is 0.455 bits per heavy atom. The molecule has 1 amide bonds. The molecule has 1 saturated heterocycles. The number of aliphatic hydroxyl groups is 5. The second-order valence-corrected chi connectivity index (χ2v) is 20.1. The average molecular weight is 1070 g/mol. The summed E-state index contributed by atoms with van der Waals surface area (Å²) in [6.07, 6.45) is 80.3. The lowest BCUT2D eigenvalue weighted by molar-refractivity contribution is -0.302. The zero-order chi connectivity index (χ0) is 55.8. The molecule has 0 aromatic rings. The second-order valence-electron chi connectivity index (χ2n) is 20.1. The van der Waals surface area contributed by atoms with Crippen molar-refractivity contribution in [2.75, 3.05) is 13.2 Å². The van der Waals surface area contributed by atoms with E-state index < -0.39 is 49.5 Å². The molecule has 0 bridgehead atoms. The van der Waals surface area contributed by atoms with Crippen LogP contribution in [0.4, 0.5) is 0 Å². The van der Waals surface area contributed by atoms with Gasteiger partial charge >= 0.3 is 0 Å². The van der Waals surface area contributed by atoms with Crippen LogP contribution in [0.3, 0.4) is 0 Å². The summed E-state index contributed by atoms with van der Waals surface area (Å²) in [4.78, 5) is 13.0. The molecule has 9 heteroatoms. The number of allylic oxidation sites excluding steroid dienone is 25. The molecular weight excluding hydrogens is 959 g/mol. The van der Waals surface area contributed by atoms with Crippen LogP contribution in [0.15, 0.2) is 158 Å². The van der Waals surface area contributed by atoms with Gasteiger partial charge in [0.2, 0.25) is 5.91 Å². The summed E-state index contributed by atoms with van der Waals surface area (Å²) in [6, 6.07) is -0.829. The number of hydrogen-bond acceptors (Lipinski definition) is 8. The molecule has 6 N–H and O–H groups in total. The molecule has 1 aliphatic heterocycles. The average Bonchev–Trinajstić information content (AvgIpc) is 3.43. The van der Waals surface area contributed by atoms with E-state index in [9.17, 15) is 30.3 Å². The topological polar surface area (TPSA) is 149 Å². The summed E-state index contributed by atoms with van der Waals surface area (Å²) in [5, 5.41) is 54.4. The number of unbranched alkanes of at least 4 members (excludes halogenated alkanes) is 15. The zero-order valence-corrected chi connectivity index (χ0v) is 48.1. The van der Waals surface area contributed by atoms with Gasteiger partial charge in [0.25, 0.3) is 0 Å². The van der Waals surface area contributed by atoms with Crippen molar-refractivity contribution < 1.29 is 39.8 Å². The van der Waals surface area contributed by atoms with E-state index >= 15 is 0 Å². The van der Waals surface area contributed by atoms with Crippen molar-refractivity contribution in [1.82, 2.24) is 5.32 Å². The SMILES string of the molecule is CC/C=C\C/C=C\C/C=C\C/C=C\C/C=C\C/C=C\C/C=C\C/C=C\C/C=C\C/C=C\C/C=C\C/C=C\CCCCCCC(=O)NC(COC1OC(CO)C(O)C(O)C1O)C(O)/C=C/CCCCCCCCCCCCC. The molecule has 0 aliphatic carbocycles. The second kappa shape index (κ2) is 55.1. The summed E-state index contributed by atoms with van der Waals surface area (Å²) >= 11 is 0. The highest BCUT2D eigenvalue weighted by molar-refractivity contribution is 5.76. The van der Waals surface area contributed by atoms with Gasteiger partial charge in [-0.15, -0.1) is 0 Å². The van der Waals surface area contributed by atoms with Gasteiger partial charge in [-0.25, -0.2) is 0 Å². The van der Waals surface area contributed by atoms with Crippen LogP contribution in [0.25, 0.3) is 0 Å². The first-order chi connectivity index (χ1) is 37.8. The lowest BCUT2D eigenvalue weighted by Crippen LogP contribution is -2.60. The third-order valence-electron chi connectivity index (χ3n) is 13.1. The Bertz CT molecular complexity index is 1760. The maximum atomic E-state index is 13.0. The van der Waals surface area contributed by atoms with Gasteiger partial charge < -0.3 is 40.3 Å². The monoisotopic (exact) mass is 1070 g/mol. The standard InChI is InChI=1S/C68H109NO8/c1-3-5-7-9-11-13-15-17-18-19-20-21-22-23-24-25-26-27-28-29-30-31-32-33-34-35-36-37-38-39-40-41-42-43-44-46-48-50-52-54-56-58-64(72)69-61(60-76-68-67(75)66(74)65(73)63(59-70)77-68)62(71)57-55-53-51-49-47-45-16-14-12-10-8-6-4-2/h5,7,11,13,17-18,20-21,23-24,26-27,29-30,32-33,35-36,38-39,41-42,44,46,55,57,61-63,65-68,70-71,73-75H,3-4,6,8-10,12,14-16,19,22,25,28,31,34,37,40,43,45,47-54,56,58-60H2,1-2H3,(H,69,72)/b7-5-,13-11-,18-17-,21-20-,24-23-,27-26-,30-29-,33-32-,36-35-,39-38-,42-41-,46-44-,57-55+. The molecule has 1 heterocycles. The van der Waals surface area contributed by atoms with E-state index in [0.717, 1.165) is 128 Å². The third kappa shape index (κ3) is 44.4. The number of carbonyl (C=O) groups excluding carboxylic acids is 1. The minimum Gasteiger partial charge on any atom is -0.394 e.